The molecule has 4 nitrogen and oxygen atoms in total. The van der Waals surface area contributed by atoms with Crippen LogP contribution in [0.2, 0.25) is 0 Å². The number of ether oxygens (including phenoxy) is 1. The number of nitrogens with one attached hydrogen (secondary N) is 2. The molecule has 1 fully saturated rings. The smallest absolute Gasteiger partial charge is 0.399 e. The van der Waals surface area contributed by atoms with Crippen molar-refractivity contribution in [3.63, 3.8) is 0 Å². The minimum absolute atomic E-state index is 0.0452. The molecule has 3 aromatic rings. The van der Waals surface area contributed by atoms with Crippen LogP contribution in [-0.2, 0) is 0 Å². The Kier molecular flexibility index (Phi) is 6.77. The number of alkyl halides is 3. The Labute approximate surface area is 196 Å². The molecule has 0 saturated carbocycles. The van der Waals surface area contributed by atoms with E-state index in [2.05, 4.69) is 15.6 Å². The number of hydrogen-bond acceptors (Lipinski definition) is 5. The van der Waals surface area contributed by atoms with Gasteiger partial charge in [-0.2, -0.15) is 24.9 Å². The summed E-state index contributed by atoms with van der Waals surface area (Å²) in [6, 6.07) is 14.5. The molecule has 8 heteroatoms. The van der Waals surface area contributed by atoms with Crippen molar-refractivity contribution in [3.8, 4) is 5.75 Å². The van der Waals surface area contributed by atoms with Crippen molar-refractivity contribution in [3.05, 3.63) is 65.9 Å². The number of anilines is 1. The third-order valence-corrected chi connectivity index (χ3v) is 7.33. The number of pyridine rings is 1. The average molecular weight is 476 g/mol. The Bertz CT molecular complexity index is 1100. The maximum absolute atomic E-state index is 15.0. The highest BCUT2D eigenvalue weighted by Gasteiger charge is 2.66. The molecule has 0 bridgehead atoms. The number of rotatable bonds is 9. The molecule has 2 aromatic carbocycles. The summed E-state index contributed by atoms with van der Waals surface area (Å²) in [6.45, 7) is 4.13. The fourth-order valence-corrected chi connectivity index (χ4v) is 5.44. The molecule has 4 rings (SSSR count). The van der Waals surface area contributed by atoms with E-state index in [4.69, 9.17) is 4.74 Å². The van der Waals surface area contributed by atoms with Gasteiger partial charge in [-0.1, -0.05) is 25.1 Å². The van der Waals surface area contributed by atoms with Gasteiger partial charge in [-0.3, -0.25) is 4.98 Å². The lowest BCUT2D eigenvalue weighted by Gasteiger charge is -2.43. The predicted molar refractivity (Wildman–Crippen MR) is 129 cm³/mol. The average Bonchev–Trinajstić information content (AvgIpc) is 3.63. The monoisotopic (exact) mass is 475 g/mol. The van der Waals surface area contributed by atoms with Crippen molar-refractivity contribution in [2.24, 2.45) is 5.41 Å². The molecular formula is C25H28F3N3OS. The SMILES string of the molecule is CCSCC(C(Nc1cccc2nc(C)ccc12)c1ccc(OC)cc1)([C@H]1CN1)C(F)(F)F. The molecule has 0 aliphatic carbocycles. The quantitative estimate of drug-likeness (QED) is 0.373. The van der Waals surface area contributed by atoms with Crippen LogP contribution in [0.5, 0.6) is 5.75 Å². The molecule has 2 heterocycles. The largest absolute Gasteiger partial charge is 0.497 e. The van der Waals surface area contributed by atoms with Crippen LogP contribution in [0.1, 0.15) is 24.2 Å². The van der Waals surface area contributed by atoms with Crippen LogP contribution in [0.3, 0.4) is 0 Å². The Morgan fingerprint density at radius 2 is 1.88 bits per heavy atom. The van der Waals surface area contributed by atoms with Gasteiger partial charge in [0.2, 0.25) is 0 Å². The van der Waals surface area contributed by atoms with Gasteiger partial charge < -0.3 is 15.4 Å². The minimum atomic E-state index is -4.43. The Hall–Kier alpha value is -2.45. The van der Waals surface area contributed by atoms with Gasteiger partial charge in [0.05, 0.1) is 18.7 Å². The molecule has 1 aromatic heterocycles. The molecule has 3 atom stereocenters. The topological polar surface area (TPSA) is 56.1 Å². The van der Waals surface area contributed by atoms with Gasteiger partial charge >= 0.3 is 6.18 Å². The van der Waals surface area contributed by atoms with Crippen LogP contribution < -0.4 is 15.4 Å². The first-order chi connectivity index (χ1) is 15.8. The second kappa shape index (κ2) is 9.43. The lowest BCUT2D eigenvalue weighted by atomic mass is 9.74. The number of fused-ring (bicyclic) bond motifs is 1. The highest BCUT2D eigenvalue weighted by atomic mass is 32.2. The molecule has 0 radical (unpaired) electrons. The number of halogens is 3. The lowest BCUT2D eigenvalue weighted by Crippen LogP contribution is -2.53. The fourth-order valence-electron chi connectivity index (χ4n) is 4.37. The number of nitrogens with zero attached hydrogens (tertiary/aromatic N) is 1. The van der Waals surface area contributed by atoms with Crippen molar-refractivity contribution < 1.29 is 17.9 Å². The normalized spacial score (nSPS) is 18.5. The number of thioether (sulfide) groups is 1. The molecule has 33 heavy (non-hydrogen) atoms. The first-order valence-corrected chi connectivity index (χ1v) is 12.1. The number of aryl methyl sites for hydroxylation is 1. The fraction of sp³-hybridized carbons (Fsp3) is 0.400. The molecule has 2 unspecified atom stereocenters. The predicted octanol–water partition coefficient (Wildman–Crippen LogP) is 5.98. The third kappa shape index (κ3) is 4.64. The lowest BCUT2D eigenvalue weighted by molar-refractivity contribution is -0.222. The second-order valence-electron chi connectivity index (χ2n) is 8.31. The van der Waals surface area contributed by atoms with E-state index in [0.717, 1.165) is 16.6 Å². The summed E-state index contributed by atoms with van der Waals surface area (Å²) >= 11 is 1.32. The van der Waals surface area contributed by atoms with Crippen molar-refractivity contribution >= 4 is 28.4 Å². The first-order valence-electron chi connectivity index (χ1n) is 10.9. The van der Waals surface area contributed by atoms with Crippen LogP contribution in [0.25, 0.3) is 10.9 Å². The van der Waals surface area contributed by atoms with E-state index >= 15 is 13.2 Å². The van der Waals surface area contributed by atoms with Crippen LogP contribution in [0.4, 0.5) is 18.9 Å². The highest BCUT2D eigenvalue weighted by molar-refractivity contribution is 7.99. The van der Waals surface area contributed by atoms with E-state index in [0.29, 0.717) is 29.3 Å². The van der Waals surface area contributed by atoms with Crippen LogP contribution in [0.15, 0.2) is 54.6 Å². The summed E-state index contributed by atoms with van der Waals surface area (Å²) in [5.41, 5.74) is 0.811. The zero-order valence-corrected chi connectivity index (χ0v) is 19.7. The van der Waals surface area contributed by atoms with Gasteiger partial charge in [-0.15, -0.1) is 0 Å². The maximum atomic E-state index is 15.0. The van der Waals surface area contributed by atoms with E-state index in [9.17, 15) is 0 Å². The second-order valence-corrected chi connectivity index (χ2v) is 9.59. The first kappa shape index (κ1) is 23.7. The van der Waals surface area contributed by atoms with E-state index in [1.165, 1.54) is 11.8 Å². The molecule has 1 saturated heterocycles. The highest BCUT2D eigenvalue weighted by Crippen LogP contribution is 2.55. The summed E-state index contributed by atoms with van der Waals surface area (Å²) in [7, 11) is 1.54. The van der Waals surface area contributed by atoms with Gasteiger partial charge in [-0.05, 0) is 54.6 Å². The maximum Gasteiger partial charge on any atom is 0.399 e. The zero-order chi connectivity index (χ0) is 23.6. The Morgan fingerprint density at radius 1 is 1.15 bits per heavy atom. The summed E-state index contributed by atoms with van der Waals surface area (Å²) in [4.78, 5) is 4.55. The van der Waals surface area contributed by atoms with Crippen molar-refractivity contribution in [1.29, 1.82) is 0 Å². The van der Waals surface area contributed by atoms with Crippen molar-refractivity contribution in [2.45, 2.75) is 32.1 Å². The van der Waals surface area contributed by atoms with E-state index in [-0.39, 0.29) is 5.75 Å². The summed E-state index contributed by atoms with van der Waals surface area (Å²) < 4.78 is 50.3. The Balaban J connectivity index is 1.88. The molecule has 2 N–H and O–H groups in total. The van der Waals surface area contributed by atoms with Crippen molar-refractivity contribution in [1.82, 2.24) is 10.3 Å². The molecule has 1 aliphatic heterocycles. The minimum Gasteiger partial charge on any atom is -0.497 e. The molecule has 176 valence electrons. The Morgan fingerprint density at radius 3 is 2.48 bits per heavy atom. The third-order valence-electron chi connectivity index (χ3n) is 6.24. The van der Waals surface area contributed by atoms with Crippen LogP contribution in [-0.4, -0.2) is 42.4 Å². The van der Waals surface area contributed by atoms with Crippen molar-refractivity contribution in [2.75, 3.05) is 30.5 Å². The summed E-state index contributed by atoms with van der Waals surface area (Å²) in [5.74, 6) is 1.17. The molecule has 1 aliphatic rings. The molecular weight excluding hydrogens is 447 g/mol. The summed E-state index contributed by atoms with van der Waals surface area (Å²) in [6.07, 6.45) is -4.43. The van der Waals surface area contributed by atoms with Gasteiger partial charge in [-0.25, -0.2) is 0 Å². The van der Waals surface area contributed by atoms with E-state index in [1.807, 2.05) is 44.2 Å². The van der Waals surface area contributed by atoms with Gasteiger partial charge in [0, 0.05) is 35.1 Å². The number of aromatic nitrogens is 1. The summed E-state index contributed by atoms with van der Waals surface area (Å²) in [5, 5.41) is 7.10. The van der Waals surface area contributed by atoms with Gasteiger partial charge in [0.1, 0.15) is 11.2 Å². The number of hydrogen-bond donors (Lipinski definition) is 2. The van der Waals surface area contributed by atoms with Gasteiger partial charge in [0.15, 0.2) is 0 Å². The van der Waals surface area contributed by atoms with E-state index in [1.54, 1.807) is 31.4 Å². The standard InChI is InChI=1S/C25H28F3N3OS/c1-4-33-15-24(22-14-29-22,25(26,27)28)23(17-9-11-18(32-3)12-10-17)31-21-7-5-6-20-19(21)13-8-16(2)30-20/h5-13,22-23,29,31H,4,14-15H2,1-3H3/t22-,23?,24?/m1/s1. The number of benzene rings is 2. The van der Waals surface area contributed by atoms with Crippen LogP contribution in [0, 0.1) is 12.3 Å². The number of methoxy groups -OCH3 is 1. The molecule has 0 spiro atoms. The van der Waals surface area contributed by atoms with E-state index < -0.39 is 23.7 Å². The van der Waals surface area contributed by atoms with Crippen LogP contribution >= 0.6 is 11.8 Å². The zero-order valence-electron chi connectivity index (χ0n) is 18.9. The molecule has 0 amide bonds. The van der Waals surface area contributed by atoms with Gasteiger partial charge in [0.25, 0.3) is 0 Å².